The van der Waals surface area contributed by atoms with E-state index in [9.17, 15) is 13.2 Å². The van der Waals surface area contributed by atoms with Crippen molar-refractivity contribution in [3.63, 3.8) is 0 Å². The van der Waals surface area contributed by atoms with Gasteiger partial charge in [0.15, 0.2) is 5.65 Å². The summed E-state index contributed by atoms with van der Waals surface area (Å²) in [5, 5.41) is 4.55. The van der Waals surface area contributed by atoms with Crippen molar-refractivity contribution in [3.8, 4) is 0 Å². The van der Waals surface area contributed by atoms with Gasteiger partial charge in [0.25, 0.3) is 5.91 Å². The van der Waals surface area contributed by atoms with E-state index in [4.69, 9.17) is 11.6 Å². The second-order valence-electron chi connectivity index (χ2n) is 5.18. The van der Waals surface area contributed by atoms with Crippen LogP contribution in [0, 0.1) is 6.92 Å². The van der Waals surface area contributed by atoms with Crippen molar-refractivity contribution in [1.82, 2.24) is 19.3 Å². The number of amides is 1. The van der Waals surface area contributed by atoms with Crippen LogP contribution in [0.15, 0.2) is 42.7 Å². The molecule has 0 atom stereocenters. The molecule has 0 radical (unpaired) electrons. The van der Waals surface area contributed by atoms with Crippen LogP contribution in [0.5, 0.6) is 0 Å². The molecular weight excluding hydrogens is 352 g/mol. The highest BCUT2D eigenvalue weighted by Crippen LogP contribution is 2.13. The number of nitrogens with zero attached hydrogens (tertiary/aromatic N) is 3. The molecule has 2 aromatic heterocycles. The van der Waals surface area contributed by atoms with Crippen LogP contribution < -0.4 is 4.72 Å². The molecule has 0 saturated carbocycles. The number of aryl methyl sites for hydroxylation is 1. The molecule has 0 saturated heterocycles. The van der Waals surface area contributed by atoms with Gasteiger partial charge in [-0.2, -0.15) is 5.10 Å². The Balaban J connectivity index is 1.81. The van der Waals surface area contributed by atoms with Gasteiger partial charge in [-0.1, -0.05) is 23.7 Å². The molecule has 0 fully saturated rings. The molecule has 3 rings (SSSR count). The lowest BCUT2D eigenvalue weighted by atomic mass is 10.2. The molecule has 1 amide bonds. The molecule has 0 spiro atoms. The number of halogens is 1. The van der Waals surface area contributed by atoms with Gasteiger partial charge in [0.2, 0.25) is 10.0 Å². The SMILES string of the molecule is Cc1c(C(=O)NS(=O)(=O)Cc2ccc(Cl)cc2)cnc2ccnn12. The zero-order chi connectivity index (χ0) is 17.3. The topological polar surface area (TPSA) is 93.4 Å². The highest BCUT2D eigenvalue weighted by atomic mass is 35.5. The number of carbonyl (C=O) groups is 1. The molecule has 0 unspecified atom stereocenters. The molecule has 124 valence electrons. The fourth-order valence-electron chi connectivity index (χ4n) is 2.25. The standard InChI is InChI=1S/C15H13ClN4O3S/c1-10-13(8-17-14-6-7-18-20(10)14)15(21)19-24(22,23)9-11-2-4-12(16)5-3-11/h2-8H,9H2,1H3,(H,19,21). The van der Waals surface area contributed by atoms with Gasteiger partial charge in [0.05, 0.1) is 23.2 Å². The maximum absolute atomic E-state index is 12.3. The summed E-state index contributed by atoms with van der Waals surface area (Å²) in [5.41, 5.74) is 1.75. The van der Waals surface area contributed by atoms with Crippen LogP contribution in [0.3, 0.4) is 0 Å². The zero-order valence-corrected chi connectivity index (χ0v) is 14.2. The summed E-state index contributed by atoms with van der Waals surface area (Å²) < 4.78 is 27.9. The third-order valence-electron chi connectivity index (χ3n) is 3.42. The number of aromatic nitrogens is 3. The van der Waals surface area contributed by atoms with E-state index in [2.05, 4.69) is 14.8 Å². The first-order chi connectivity index (χ1) is 11.4. The van der Waals surface area contributed by atoms with Crippen LogP contribution in [0.25, 0.3) is 5.65 Å². The molecule has 3 aromatic rings. The molecule has 0 aliphatic rings. The molecule has 0 bridgehead atoms. The molecular formula is C15H13ClN4O3S. The predicted molar refractivity (Wildman–Crippen MR) is 89.3 cm³/mol. The number of hydrogen-bond acceptors (Lipinski definition) is 5. The summed E-state index contributed by atoms with van der Waals surface area (Å²) in [5.74, 6) is -1.07. The van der Waals surface area contributed by atoms with E-state index in [1.165, 1.54) is 10.7 Å². The van der Waals surface area contributed by atoms with Gasteiger partial charge in [-0.05, 0) is 24.6 Å². The maximum atomic E-state index is 12.3. The molecule has 24 heavy (non-hydrogen) atoms. The minimum absolute atomic E-state index is 0.144. The van der Waals surface area contributed by atoms with Gasteiger partial charge < -0.3 is 0 Å². The smallest absolute Gasteiger partial charge is 0.268 e. The second kappa shape index (κ2) is 6.21. The van der Waals surface area contributed by atoms with Crippen molar-refractivity contribution in [3.05, 3.63) is 64.6 Å². The monoisotopic (exact) mass is 364 g/mol. The van der Waals surface area contributed by atoms with Crippen molar-refractivity contribution in [2.75, 3.05) is 0 Å². The van der Waals surface area contributed by atoms with Gasteiger partial charge in [0, 0.05) is 17.3 Å². The normalized spacial score (nSPS) is 11.6. The van der Waals surface area contributed by atoms with Gasteiger partial charge >= 0.3 is 0 Å². The Kier molecular flexibility index (Phi) is 4.25. The second-order valence-corrected chi connectivity index (χ2v) is 7.33. The zero-order valence-electron chi connectivity index (χ0n) is 12.6. The van der Waals surface area contributed by atoms with Crippen molar-refractivity contribution in [1.29, 1.82) is 0 Å². The Labute approximate surface area is 143 Å². The van der Waals surface area contributed by atoms with E-state index < -0.39 is 15.9 Å². The van der Waals surface area contributed by atoms with Gasteiger partial charge in [-0.3, -0.25) is 4.79 Å². The maximum Gasteiger partial charge on any atom is 0.268 e. The quantitative estimate of drug-likeness (QED) is 0.763. The molecule has 7 nitrogen and oxygen atoms in total. The summed E-state index contributed by atoms with van der Waals surface area (Å²) in [7, 11) is -3.85. The number of carbonyl (C=O) groups excluding carboxylic acids is 1. The summed E-state index contributed by atoms with van der Waals surface area (Å²) in [4.78, 5) is 16.4. The Bertz CT molecular complexity index is 1010. The van der Waals surface area contributed by atoms with Crippen molar-refractivity contribution >= 4 is 33.2 Å². The number of benzene rings is 1. The van der Waals surface area contributed by atoms with Gasteiger partial charge in [-0.25, -0.2) is 22.6 Å². The lowest BCUT2D eigenvalue weighted by Crippen LogP contribution is -2.32. The van der Waals surface area contributed by atoms with E-state index >= 15 is 0 Å². The minimum Gasteiger partial charge on any atom is -0.268 e. The lowest BCUT2D eigenvalue weighted by molar-refractivity contribution is 0.0980. The molecule has 9 heteroatoms. The number of nitrogens with one attached hydrogen (secondary N) is 1. The molecule has 1 N–H and O–H groups in total. The predicted octanol–water partition coefficient (Wildman–Crippen LogP) is 1.95. The molecule has 2 heterocycles. The fourth-order valence-corrected chi connectivity index (χ4v) is 3.47. The summed E-state index contributed by atoms with van der Waals surface area (Å²) >= 11 is 5.77. The average Bonchev–Trinajstić information content (AvgIpc) is 2.98. The van der Waals surface area contributed by atoms with Crippen LogP contribution in [-0.4, -0.2) is 28.9 Å². The van der Waals surface area contributed by atoms with Crippen LogP contribution in [0.4, 0.5) is 0 Å². The summed E-state index contributed by atoms with van der Waals surface area (Å²) in [6.45, 7) is 1.67. The number of sulfonamides is 1. The van der Waals surface area contributed by atoms with Crippen LogP contribution in [0.2, 0.25) is 5.02 Å². The minimum atomic E-state index is -3.85. The molecule has 1 aromatic carbocycles. The summed E-state index contributed by atoms with van der Waals surface area (Å²) in [6, 6.07) is 8.05. The highest BCUT2D eigenvalue weighted by molar-refractivity contribution is 7.89. The fraction of sp³-hybridized carbons (Fsp3) is 0.133. The number of fused-ring (bicyclic) bond motifs is 1. The van der Waals surface area contributed by atoms with Crippen LogP contribution >= 0.6 is 11.6 Å². The number of rotatable bonds is 4. The summed E-state index contributed by atoms with van der Waals surface area (Å²) in [6.07, 6.45) is 2.88. The van der Waals surface area contributed by atoms with Crippen molar-refractivity contribution in [2.45, 2.75) is 12.7 Å². The van der Waals surface area contributed by atoms with E-state index in [0.29, 0.717) is 21.9 Å². The van der Waals surface area contributed by atoms with E-state index in [0.717, 1.165) is 0 Å². The first-order valence-corrected chi connectivity index (χ1v) is 8.97. The van der Waals surface area contributed by atoms with E-state index in [1.54, 1.807) is 43.5 Å². The number of hydrogen-bond donors (Lipinski definition) is 1. The highest BCUT2D eigenvalue weighted by Gasteiger charge is 2.20. The Morgan fingerprint density at radius 3 is 2.67 bits per heavy atom. The Hall–Kier alpha value is -2.45. The van der Waals surface area contributed by atoms with Gasteiger partial charge in [0.1, 0.15) is 0 Å². The largest absolute Gasteiger partial charge is 0.268 e. The Morgan fingerprint density at radius 2 is 1.96 bits per heavy atom. The third-order valence-corrected chi connectivity index (χ3v) is 4.88. The average molecular weight is 365 g/mol. The third kappa shape index (κ3) is 3.39. The van der Waals surface area contributed by atoms with Crippen LogP contribution in [0.1, 0.15) is 21.6 Å². The lowest BCUT2D eigenvalue weighted by Gasteiger charge is -2.09. The van der Waals surface area contributed by atoms with Crippen LogP contribution in [-0.2, 0) is 15.8 Å². The van der Waals surface area contributed by atoms with Gasteiger partial charge in [-0.15, -0.1) is 0 Å². The van der Waals surface area contributed by atoms with E-state index in [-0.39, 0.29) is 11.3 Å². The van der Waals surface area contributed by atoms with E-state index in [1.807, 2.05) is 0 Å². The first-order valence-electron chi connectivity index (χ1n) is 6.94. The molecule has 0 aliphatic heterocycles. The van der Waals surface area contributed by atoms with Crippen molar-refractivity contribution < 1.29 is 13.2 Å². The Morgan fingerprint density at radius 1 is 1.25 bits per heavy atom. The molecule has 0 aliphatic carbocycles. The first kappa shape index (κ1) is 16.4. The van der Waals surface area contributed by atoms with Crippen molar-refractivity contribution in [2.24, 2.45) is 0 Å².